The van der Waals surface area contributed by atoms with Crippen molar-refractivity contribution in [1.29, 1.82) is 0 Å². The van der Waals surface area contributed by atoms with E-state index in [1.165, 1.54) is 47.4 Å². The Morgan fingerprint density at radius 3 is 2.56 bits per heavy atom. The number of nitrogens with zero attached hydrogens (tertiary/aromatic N) is 2. The summed E-state index contributed by atoms with van der Waals surface area (Å²) in [6.07, 6.45) is 4.19. The first-order chi connectivity index (χ1) is 15.4. The van der Waals surface area contributed by atoms with Crippen LogP contribution in [-0.2, 0) is 17.9 Å². The molecule has 6 nitrogen and oxygen atoms in total. The van der Waals surface area contributed by atoms with E-state index in [9.17, 15) is 18.8 Å². The minimum absolute atomic E-state index is 0.116. The second kappa shape index (κ2) is 9.11. The number of hydrogen-bond acceptors (Lipinski definition) is 4. The molecule has 4 aromatic rings. The fourth-order valence-corrected chi connectivity index (χ4v) is 3.56. The van der Waals surface area contributed by atoms with Crippen LogP contribution in [0.25, 0.3) is 10.9 Å². The number of benzene rings is 2. The first-order valence-electron chi connectivity index (χ1n) is 9.71. The maximum absolute atomic E-state index is 13.9. The Morgan fingerprint density at radius 1 is 1.06 bits per heavy atom. The number of halogens is 2. The predicted molar refractivity (Wildman–Crippen MR) is 119 cm³/mol. The van der Waals surface area contributed by atoms with E-state index in [1.54, 1.807) is 18.2 Å². The Balaban J connectivity index is 1.69. The van der Waals surface area contributed by atoms with Crippen molar-refractivity contribution in [3.8, 4) is 0 Å². The van der Waals surface area contributed by atoms with Gasteiger partial charge in [-0.3, -0.25) is 19.4 Å². The van der Waals surface area contributed by atoms with Crippen LogP contribution in [0.5, 0.6) is 0 Å². The van der Waals surface area contributed by atoms with Gasteiger partial charge in [0.1, 0.15) is 12.4 Å². The fraction of sp³-hybridized carbons (Fsp3) is 0.0833. The SMILES string of the molecule is O=C(Cn1cc(C(=O)c2ccncc2)c(=O)c2ccc(F)cc21)NCc1ccccc1Cl. The Kier molecular flexibility index (Phi) is 6.09. The van der Waals surface area contributed by atoms with Gasteiger partial charge in [-0.05, 0) is 42.0 Å². The van der Waals surface area contributed by atoms with Crippen LogP contribution in [-0.4, -0.2) is 21.2 Å². The molecule has 0 unspecified atom stereocenters. The largest absolute Gasteiger partial charge is 0.350 e. The molecule has 0 radical (unpaired) electrons. The van der Waals surface area contributed by atoms with Crippen molar-refractivity contribution < 1.29 is 14.0 Å². The Bertz CT molecular complexity index is 1390. The van der Waals surface area contributed by atoms with E-state index in [1.807, 2.05) is 6.07 Å². The van der Waals surface area contributed by atoms with Crippen molar-refractivity contribution in [3.05, 3.63) is 111 Å². The molecule has 0 saturated heterocycles. The molecule has 8 heteroatoms. The zero-order valence-electron chi connectivity index (χ0n) is 16.7. The number of ketones is 1. The lowest BCUT2D eigenvalue weighted by Crippen LogP contribution is -2.29. The van der Waals surface area contributed by atoms with E-state index in [0.29, 0.717) is 5.02 Å². The van der Waals surface area contributed by atoms with Crippen LogP contribution < -0.4 is 10.7 Å². The Hall–Kier alpha value is -3.84. The summed E-state index contributed by atoms with van der Waals surface area (Å²) in [7, 11) is 0. The third-order valence-corrected chi connectivity index (χ3v) is 5.35. The van der Waals surface area contributed by atoms with Gasteiger partial charge in [-0.15, -0.1) is 0 Å². The average molecular weight is 450 g/mol. The Morgan fingerprint density at radius 2 is 1.81 bits per heavy atom. The number of carbonyl (C=O) groups excluding carboxylic acids is 2. The van der Waals surface area contributed by atoms with Gasteiger partial charge in [-0.1, -0.05) is 29.8 Å². The molecular formula is C24H17ClFN3O3. The number of amides is 1. The predicted octanol–water partition coefficient (Wildman–Crippen LogP) is 3.74. The zero-order chi connectivity index (χ0) is 22.7. The molecule has 2 heterocycles. The average Bonchev–Trinajstić information content (AvgIpc) is 2.80. The van der Waals surface area contributed by atoms with E-state index in [0.717, 1.165) is 11.6 Å². The van der Waals surface area contributed by atoms with Crippen LogP contribution in [0.4, 0.5) is 4.39 Å². The summed E-state index contributed by atoms with van der Waals surface area (Å²) in [5, 5.41) is 3.42. The summed E-state index contributed by atoms with van der Waals surface area (Å²) < 4.78 is 15.3. The maximum atomic E-state index is 13.9. The molecule has 0 bridgehead atoms. The highest BCUT2D eigenvalue weighted by Crippen LogP contribution is 2.17. The van der Waals surface area contributed by atoms with Crippen LogP contribution in [0.2, 0.25) is 5.02 Å². The van der Waals surface area contributed by atoms with Crippen molar-refractivity contribution in [2.75, 3.05) is 0 Å². The molecule has 4 rings (SSSR count). The van der Waals surface area contributed by atoms with Gasteiger partial charge in [-0.25, -0.2) is 4.39 Å². The molecule has 0 spiro atoms. The summed E-state index contributed by atoms with van der Waals surface area (Å²) in [5.74, 6) is -1.45. The van der Waals surface area contributed by atoms with E-state index in [4.69, 9.17) is 11.6 Å². The lowest BCUT2D eigenvalue weighted by molar-refractivity contribution is -0.121. The van der Waals surface area contributed by atoms with Crippen LogP contribution in [0.3, 0.4) is 0 Å². The number of hydrogen-bond donors (Lipinski definition) is 1. The molecule has 0 aliphatic heterocycles. The summed E-state index contributed by atoms with van der Waals surface area (Å²) in [5.41, 5.74) is 0.595. The molecular weight excluding hydrogens is 433 g/mol. The van der Waals surface area contributed by atoms with E-state index >= 15 is 0 Å². The quantitative estimate of drug-likeness (QED) is 0.455. The minimum Gasteiger partial charge on any atom is -0.350 e. The van der Waals surface area contributed by atoms with Gasteiger partial charge < -0.3 is 9.88 Å². The molecule has 1 amide bonds. The highest BCUT2D eigenvalue weighted by atomic mass is 35.5. The van der Waals surface area contributed by atoms with Gasteiger partial charge in [0, 0.05) is 41.1 Å². The zero-order valence-corrected chi connectivity index (χ0v) is 17.5. The van der Waals surface area contributed by atoms with Gasteiger partial charge >= 0.3 is 0 Å². The molecule has 32 heavy (non-hydrogen) atoms. The van der Waals surface area contributed by atoms with E-state index in [-0.39, 0.29) is 41.0 Å². The van der Waals surface area contributed by atoms with Crippen LogP contribution in [0.15, 0.2) is 78.0 Å². The van der Waals surface area contributed by atoms with Gasteiger partial charge in [0.2, 0.25) is 11.3 Å². The molecule has 2 aromatic carbocycles. The topological polar surface area (TPSA) is 81.1 Å². The van der Waals surface area contributed by atoms with Crippen LogP contribution >= 0.6 is 11.6 Å². The van der Waals surface area contributed by atoms with E-state index < -0.39 is 17.0 Å². The normalized spacial score (nSPS) is 10.8. The van der Waals surface area contributed by atoms with Crippen molar-refractivity contribution in [2.45, 2.75) is 13.1 Å². The molecule has 0 atom stereocenters. The summed E-state index contributed by atoms with van der Waals surface area (Å²) in [6, 6.07) is 13.7. The molecule has 0 aliphatic rings. The lowest BCUT2D eigenvalue weighted by Gasteiger charge is -2.14. The monoisotopic (exact) mass is 449 g/mol. The molecule has 0 saturated carbocycles. The maximum Gasteiger partial charge on any atom is 0.240 e. The number of aromatic nitrogens is 2. The van der Waals surface area contributed by atoms with E-state index in [2.05, 4.69) is 10.3 Å². The number of fused-ring (bicyclic) bond motifs is 1. The van der Waals surface area contributed by atoms with Gasteiger partial charge in [0.15, 0.2) is 5.78 Å². The lowest BCUT2D eigenvalue weighted by atomic mass is 10.0. The molecule has 2 aromatic heterocycles. The molecule has 0 aliphatic carbocycles. The van der Waals surface area contributed by atoms with Gasteiger partial charge in [-0.2, -0.15) is 0 Å². The Labute approximate surface area is 187 Å². The van der Waals surface area contributed by atoms with Crippen molar-refractivity contribution in [2.24, 2.45) is 0 Å². The van der Waals surface area contributed by atoms with Crippen molar-refractivity contribution >= 4 is 34.2 Å². The number of pyridine rings is 2. The third kappa shape index (κ3) is 4.43. The number of carbonyl (C=O) groups is 2. The minimum atomic E-state index is -0.560. The standard InChI is InChI=1S/C24H17ClFN3O3/c25-20-4-2-1-3-16(20)12-28-22(30)14-29-13-19(23(31)15-7-9-27-10-8-15)24(32)18-6-5-17(26)11-21(18)29/h1-11,13H,12,14H2,(H,28,30). The van der Waals surface area contributed by atoms with Crippen molar-refractivity contribution in [3.63, 3.8) is 0 Å². The first-order valence-corrected chi connectivity index (χ1v) is 10.1. The summed E-state index contributed by atoms with van der Waals surface area (Å²) in [6.45, 7) is -0.0187. The van der Waals surface area contributed by atoms with Crippen LogP contribution in [0.1, 0.15) is 21.5 Å². The van der Waals surface area contributed by atoms with Crippen LogP contribution in [0, 0.1) is 5.82 Å². The highest BCUT2D eigenvalue weighted by molar-refractivity contribution is 6.31. The van der Waals surface area contributed by atoms with Gasteiger partial charge in [0.25, 0.3) is 0 Å². The van der Waals surface area contributed by atoms with Gasteiger partial charge in [0.05, 0.1) is 11.1 Å². The number of rotatable bonds is 6. The summed E-state index contributed by atoms with van der Waals surface area (Å²) >= 11 is 6.12. The third-order valence-electron chi connectivity index (χ3n) is 4.98. The molecule has 160 valence electrons. The fourth-order valence-electron chi connectivity index (χ4n) is 3.36. The summed E-state index contributed by atoms with van der Waals surface area (Å²) in [4.78, 5) is 42.4. The second-order valence-electron chi connectivity index (χ2n) is 7.09. The first kappa shape index (κ1) is 21.4. The molecule has 0 fully saturated rings. The second-order valence-corrected chi connectivity index (χ2v) is 7.50. The number of nitrogens with one attached hydrogen (secondary N) is 1. The molecule has 1 N–H and O–H groups in total. The smallest absolute Gasteiger partial charge is 0.240 e. The van der Waals surface area contributed by atoms with Crippen molar-refractivity contribution in [1.82, 2.24) is 14.9 Å². The highest BCUT2D eigenvalue weighted by Gasteiger charge is 2.18.